The summed E-state index contributed by atoms with van der Waals surface area (Å²) in [6.45, 7) is 6.54. The van der Waals surface area contributed by atoms with E-state index in [4.69, 9.17) is 3.07 Å². The van der Waals surface area contributed by atoms with E-state index in [1.54, 1.807) is 0 Å². The average molecular weight is 416 g/mol. The van der Waals surface area contributed by atoms with E-state index < -0.39 is 0 Å². The van der Waals surface area contributed by atoms with Crippen LogP contribution in [0.15, 0.2) is 24.3 Å². The number of halogens is 1. The molecule has 0 fully saturated rings. The van der Waals surface area contributed by atoms with Gasteiger partial charge in [0.2, 0.25) is 0 Å². The molecule has 0 heterocycles. The maximum Gasteiger partial charge on any atom is 0.192 e. The van der Waals surface area contributed by atoms with E-state index in [0.717, 1.165) is 37.7 Å². The summed E-state index contributed by atoms with van der Waals surface area (Å²) < 4.78 is 5.36. The van der Waals surface area contributed by atoms with Crippen LogP contribution >= 0.6 is 23.0 Å². The Balaban J connectivity index is 2.91. The lowest BCUT2D eigenvalue weighted by molar-refractivity contribution is 0.0777. The molecule has 0 spiro atoms. The number of hydrogen-bond acceptors (Lipinski definition) is 2. The zero-order valence-electron chi connectivity index (χ0n) is 14.2. The van der Waals surface area contributed by atoms with E-state index >= 15 is 0 Å². The van der Waals surface area contributed by atoms with Gasteiger partial charge in [0.1, 0.15) is 5.75 Å². The smallest absolute Gasteiger partial charge is 0.192 e. The van der Waals surface area contributed by atoms with Crippen molar-refractivity contribution in [2.45, 2.75) is 72.1 Å². The molecular formula is C19H29IO2. The molecule has 0 aromatic heterocycles. The van der Waals surface area contributed by atoms with E-state index in [2.05, 4.69) is 20.8 Å². The van der Waals surface area contributed by atoms with E-state index in [1.807, 2.05) is 47.3 Å². The first kappa shape index (κ1) is 19.5. The fraction of sp³-hybridized carbons (Fsp3) is 0.632. The number of unbranched alkanes of at least 4 members (excludes halogenated alkanes) is 4. The third-order valence-corrected chi connectivity index (χ3v) is 4.90. The fourth-order valence-electron chi connectivity index (χ4n) is 2.91. The van der Waals surface area contributed by atoms with Crippen molar-refractivity contribution in [2.75, 3.05) is 0 Å². The number of para-hydroxylation sites is 1. The van der Waals surface area contributed by atoms with Gasteiger partial charge >= 0.3 is 0 Å². The van der Waals surface area contributed by atoms with Crippen molar-refractivity contribution in [1.29, 1.82) is 0 Å². The van der Waals surface area contributed by atoms with Crippen LogP contribution in [0.1, 0.15) is 82.5 Å². The molecule has 0 amide bonds. The van der Waals surface area contributed by atoms with Crippen molar-refractivity contribution in [3.8, 4) is 5.75 Å². The molecule has 1 unspecified atom stereocenters. The van der Waals surface area contributed by atoms with Gasteiger partial charge < -0.3 is 3.07 Å². The first-order chi connectivity index (χ1) is 10.6. The van der Waals surface area contributed by atoms with E-state index in [-0.39, 0.29) is 11.2 Å². The molecule has 0 saturated carbocycles. The Kier molecular flexibility index (Phi) is 9.06. The Hall–Kier alpha value is -0.580. The Bertz CT molecular complexity index is 459. The van der Waals surface area contributed by atoms with Crippen LogP contribution in [0.4, 0.5) is 0 Å². The zero-order chi connectivity index (χ0) is 16.4. The van der Waals surface area contributed by atoms with Gasteiger partial charge in [-0.25, -0.2) is 0 Å². The highest BCUT2D eigenvalue weighted by Crippen LogP contribution is 2.37. The van der Waals surface area contributed by atoms with Gasteiger partial charge in [-0.05, 0) is 25.0 Å². The highest BCUT2D eigenvalue weighted by atomic mass is 127. The Morgan fingerprint density at radius 1 is 1.05 bits per heavy atom. The molecule has 124 valence electrons. The molecule has 1 atom stereocenters. The number of Topliss-reactive ketones (excluding diaryl/α,β-unsaturated/α-hetero) is 1. The topological polar surface area (TPSA) is 26.3 Å². The molecule has 2 nitrogen and oxygen atoms in total. The first-order valence-electron chi connectivity index (χ1n) is 8.51. The standard InChI is InChI=1S/C19H29IO2/c1-4-6-8-11-15-19(3,14-7-5-2)18(21)16-12-9-10-13-17(16)22-20/h9-10,12-13H,4-8,11,14-15H2,1-3H3. The molecule has 3 heteroatoms. The van der Waals surface area contributed by atoms with Crippen LogP contribution in [0.3, 0.4) is 0 Å². The fourth-order valence-corrected chi connectivity index (χ4v) is 3.29. The van der Waals surface area contributed by atoms with E-state index in [9.17, 15) is 4.79 Å². The molecule has 0 radical (unpaired) electrons. The van der Waals surface area contributed by atoms with Crippen molar-refractivity contribution >= 4 is 28.8 Å². The first-order valence-corrected chi connectivity index (χ1v) is 9.39. The maximum absolute atomic E-state index is 13.1. The van der Waals surface area contributed by atoms with Crippen LogP contribution in [-0.2, 0) is 0 Å². The minimum atomic E-state index is -0.269. The van der Waals surface area contributed by atoms with Gasteiger partial charge in [-0.1, -0.05) is 71.4 Å². The lowest BCUT2D eigenvalue weighted by Crippen LogP contribution is -2.28. The monoisotopic (exact) mass is 416 g/mol. The summed E-state index contributed by atoms with van der Waals surface area (Å²) >= 11 is 1.86. The van der Waals surface area contributed by atoms with E-state index in [0.29, 0.717) is 5.75 Å². The van der Waals surface area contributed by atoms with Gasteiger partial charge in [-0.15, -0.1) is 0 Å². The average Bonchev–Trinajstić information content (AvgIpc) is 2.56. The largest absolute Gasteiger partial charge is 0.427 e. The van der Waals surface area contributed by atoms with Gasteiger partial charge in [-0.3, -0.25) is 4.79 Å². The molecule has 0 saturated heterocycles. The predicted octanol–water partition coefficient (Wildman–Crippen LogP) is 6.77. The molecule has 1 rings (SSSR count). The van der Waals surface area contributed by atoms with Crippen LogP contribution in [-0.4, -0.2) is 5.78 Å². The SMILES string of the molecule is CCCCCCC(C)(CCCC)C(=O)c1ccccc1OI. The molecular weight excluding hydrogens is 387 g/mol. The van der Waals surface area contributed by atoms with Crippen molar-refractivity contribution in [1.82, 2.24) is 0 Å². The van der Waals surface area contributed by atoms with Gasteiger partial charge in [0.25, 0.3) is 0 Å². The summed E-state index contributed by atoms with van der Waals surface area (Å²) in [7, 11) is 0. The summed E-state index contributed by atoms with van der Waals surface area (Å²) in [5, 5.41) is 0. The molecule has 1 aromatic carbocycles. The molecule has 0 aliphatic carbocycles. The molecule has 0 bridgehead atoms. The Morgan fingerprint density at radius 2 is 1.68 bits per heavy atom. The summed E-state index contributed by atoms with van der Waals surface area (Å²) in [6.07, 6.45) is 9.00. The maximum atomic E-state index is 13.1. The lowest BCUT2D eigenvalue weighted by atomic mass is 9.74. The van der Waals surface area contributed by atoms with Crippen LogP contribution in [0, 0.1) is 5.41 Å². The van der Waals surface area contributed by atoms with Crippen LogP contribution < -0.4 is 3.07 Å². The zero-order valence-corrected chi connectivity index (χ0v) is 16.3. The van der Waals surface area contributed by atoms with Gasteiger partial charge in [0.05, 0.1) is 5.56 Å². The van der Waals surface area contributed by atoms with Gasteiger partial charge in [0, 0.05) is 5.41 Å². The second-order valence-electron chi connectivity index (χ2n) is 6.38. The predicted molar refractivity (Wildman–Crippen MR) is 102 cm³/mol. The van der Waals surface area contributed by atoms with Crippen molar-refractivity contribution < 1.29 is 7.86 Å². The number of carbonyl (C=O) groups is 1. The third-order valence-electron chi connectivity index (χ3n) is 4.43. The molecule has 0 aliphatic heterocycles. The van der Waals surface area contributed by atoms with Crippen LogP contribution in [0.25, 0.3) is 0 Å². The third kappa shape index (κ3) is 5.56. The lowest BCUT2D eigenvalue weighted by Gasteiger charge is -2.29. The summed E-state index contributed by atoms with van der Waals surface area (Å²) in [4.78, 5) is 13.1. The summed E-state index contributed by atoms with van der Waals surface area (Å²) in [5.41, 5.74) is 0.459. The quantitative estimate of drug-likeness (QED) is 0.226. The van der Waals surface area contributed by atoms with Crippen molar-refractivity contribution in [3.05, 3.63) is 29.8 Å². The number of ketones is 1. The Labute approximate surface area is 149 Å². The number of rotatable bonds is 11. The van der Waals surface area contributed by atoms with E-state index in [1.165, 1.54) is 19.3 Å². The number of hydrogen-bond donors (Lipinski definition) is 0. The second kappa shape index (κ2) is 10.2. The second-order valence-corrected chi connectivity index (χ2v) is 6.82. The van der Waals surface area contributed by atoms with Gasteiger partial charge in [-0.2, -0.15) is 0 Å². The molecule has 0 aliphatic rings. The highest BCUT2D eigenvalue weighted by molar-refractivity contribution is 14.1. The minimum absolute atomic E-state index is 0.240. The normalized spacial score (nSPS) is 13.6. The molecule has 1 aromatic rings. The molecule has 22 heavy (non-hydrogen) atoms. The van der Waals surface area contributed by atoms with Crippen LogP contribution in [0.2, 0.25) is 0 Å². The van der Waals surface area contributed by atoms with Crippen LogP contribution in [0.5, 0.6) is 5.75 Å². The number of benzene rings is 1. The molecule has 0 N–H and O–H groups in total. The number of carbonyl (C=O) groups excluding carboxylic acids is 1. The highest BCUT2D eigenvalue weighted by Gasteiger charge is 2.34. The van der Waals surface area contributed by atoms with Crippen molar-refractivity contribution in [2.24, 2.45) is 5.41 Å². The minimum Gasteiger partial charge on any atom is -0.427 e. The summed E-state index contributed by atoms with van der Waals surface area (Å²) in [6, 6.07) is 7.60. The summed E-state index contributed by atoms with van der Waals surface area (Å²) in [5.74, 6) is 0.925. The van der Waals surface area contributed by atoms with Crippen molar-refractivity contribution in [3.63, 3.8) is 0 Å². The Morgan fingerprint density at radius 3 is 2.32 bits per heavy atom. The van der Waals surface area contributed by atoms with Gasteiger partial charge in [0.15, 0.2) is 28.8 Å².